The molecule has 1 heterocycles. The fourth-order valence-electron chi connectivity index (χ4n) is 2.03. The fourth-order valence-corrected chi connectivity index (χ4v) is 2.03. The summed E-state index contributed by atoms with van der Waals surface area (Å²) in [5.41, 5.74) is 2.16. The fraction of sp³-hybridized carbons (Fsp3) is 0.692. The molecule has 1 aromatic heterocycles. The van der Waals surface area contributed by atoms with Crippen molar-refractivity contribution in [2.24, 2.45) is 13.0 Å². The Hall–Kier alpha value is -1.36. The average molecular weight is 253 g/mol. The van der Waals surface area contributed by atoms with Gasteiger partial charge in [-0.05, 0) is 26.2 Å². The molecular weight excluding hydrogens is 230 g/mol. The molecule has 0 spiro atoms. The number of nitrogens with one attached hydrogen (secondary N) is 1. The molecule has 1 aromatic rings. The van der Waals surface area contributed by atoms with Crippen LogP contribution in [-0.2, 0) is 7.05 Å². The van der Waals surface area contributed by atoms with Gasteiger partial charge in [-0.15, -0.1) is 0 Å². The Labute approximate surface area is 108 Å². The van der Waals surface area contributed by atoms with Gasteiger partial charge in [0.15, 0.2) is 0 Å². The van der Waals surface area contributed by atoms with Crippen molar-refractivity contribution in [3.63, 3.8) is 0 Å². The Morgan fingerprint density at radius 3 is 2.50 bits per heavy atom. The maximum atomic E-state index is 12.0. The van der Waals surface area contributed by atoms with Gasteiger partial charge in [0.05, 0.1) is 17.4 Å². The summed E-state index contributed by atoms with van der Waals surface area (Å²) in [4.78, 5) is 12.0. The Bertz CT molecular complexity index is 424. The zero-order chi connectivity index (χ0) is 13.9. The van der Waals surface area contributed by atoms with E-state index >= 15 is 0 Å². The number of rotatable bonds is 5. The van der Waals surface area contributed by atoms with Crippen LogP contribution in [0.2, 0.25) is 0 Å². The summed E-state index contributed by atoms with van der Waals surface area (Å²) in [5, 5.41) is 16.7. The molecule has 0 radical (unpaired) electrons. The Morgan fingerprint density at radius 2 is 2.06 bits per heavy atom. The van der Waals surface area contributed by atoms with Crippen molar-refractivity contribution < 1.29 is 9.90 Å². The number of aliphatic hydroxyl groups is 1. The van der Waals surface area contributed by atoms with Crippen LogP contribution in [0.3, 0.4) is 0 Å². The molecule has 0 bridgehead atoms. The predicted octanol–water partition coefficient (Wildman–Crippen LogP) is 1.17. The van der Waals surface area contributed by atoms with E-state index in [1.165, 1.54) is 0 Å². The third-order valence-electron chi connectivity index (χ3n) is 2.98. The first-order valence-electron chi connectivity index (χ1n) is 6.29. The van der Waals surface area contributed by atoms with E-state index in [0.717, 1.165) is 5.69 Å². The first-order valence-corrected chi connectivity index (χ1v) is 6.29. The van der Waals surface area contributed by atoms with Crippen LogP contribution in [0.15, 0.2) is 0 Å². The molecule has 1 atom stereocenters. The molecule has 0 aliphatic heterocycles. The van der Waals surface area contributed by atoms with E-state index in [-0.39, 0.29) is 12.5 Å². The van der Waals surface area contributed by atoms with Crippen LogP contribution >= 0.6 is 0 Å². The average Bonchev–Trinajstić information content (AvgIpc) is 2.49. The quantitative estimate of drug-likeness (QED) is 0.828. The third kappa shape index (κ3) is 3.57. The van der Waals surface area contributed by atoms with Gasteiger partial charge in [0.2, 0.25) is 0 Å². The molecule has 0 saturated carbocycles. The number of aryl methyl sites for hydroxylation is 2. The van der Waals surface area contributed by atoms with Crippen LogP contribution < -0.4 is 5.32 Å². The lowest BCUT2D eigenvalue weighted by atomic mass is 10.1. The maximum Gasteiger partial charge on any atom is 0.255 e. The normalized spacial score (nSPS) is 12.8. The Kier molecular flexibility index (Phi) is 4.90. The summed E-state index contributed by atoms with van der Waals surface area (Å²) >= 11 is 0. The van der Waals surface area contributed by atoms with E-state index < -0.39 is 6.10 Å². The predicted molar refractivity (Wildman–Crippen MR) is 70.5 cm³/mol. The van der Waals surface area contributed by atoms with E-state index in [4.69, 9.17) is 0 Å². The molecule has 102 valence electrons. The number of hydrogen-bond donors (Lipinski definition) is 2. The van der Waals surface area contributed by atoms with E-state index in [2.05, 4.69) is 10.4 Å². The molecule has 0 aromatic carbocycles. The van der Waals surface area contributed by atoms with Crippen LogP contribution in [0, 0.1) is 19.8 Å². The number of aromatic nitrogens is 2. The highest BCUT2D eigenvalue weighted by molar-refractivity contribution is 5.96. The lowest BCUT2D eigenvalue weighted by Crippen LogP contribution is -2.33. The molecule has 2 N–H and O–H groups in total. The van der Waals surface area contributed by atoms with Gasteiger partial charge >= 0.3 is 0 Å². The summed E-state index contributed by atoms with van der Waals surface area (Å²) in [6, 6.07) is 0. The molecular formula is C13H23N3O2. The number of aliphatic hydroxyl groups excluding tert-OH is 1. The van der Waals surface area contributed by atoms with E-state index in [1.807, 2.05) is 34.7 Å². The SMILES string of the molecule is Cc1nn(C)c(C)c1C(=O)NCC(O)CC(C)C. The molecule has 0 aliphatic rings. The van der Waals surface area contributed by atoms with Gasteiger partial charge in [-0.3, -0.25) is 9.48 Å². The van der Waals surface area contributed by atoms with E-state index in [1.54, 1.807) is 4.68 Å². The zero-order valence-electron chi connectivity index (χ0n) is 11.8. The van der Waals surface area contributed by atoms with Gasteiger partial charge in [-0.1, -0.05) is 13.8 Å². The van der Waals surface area contributed by atoms with Crippen LogP contribution in [0.1, 0.15) is 42.0 Å². The van der Waals surface area contributed by atoms with Crippen molar-refractivity contribution in [1.82, 2.24) is 15.1 Å². The van der Waals surface area contributed by atoms with Crippen molar-refractivity contribution in [1.29, 1.82) is 0 Å². The summed E-state index contributed by atoms with van der Waals surface area (Å²) in [6.07, 6.45) is 0.192. The number of nitrogens with zero attached hydrogens (tertiary/aromatic N) is 2. The van der Waals surface area contributed by atoms with E-state index in [0.29, 0.717) is 23.6 Å². The minimum atomic E-state index is -0.494. The number of amides is 1. The molecule has 1 unspecified atom stereocenters. The highest BCUT2D eigenvalue weighted by Gasteiger charge is 2.18. The summed E-state index contributed by atoms with van der Waals surface area (Å²) in [6.45, 7) is 8.04. The molecule has 1 amide bonds. The van der Waals surface area contributed by atoms with Gasteiger partial charge in [0, 0.05) is 19.3 Å². The summed E-state index contributed by atoms with van der Waals surface area (Å²) in [5.74, 6) is 0.250. The topological polar surface area (TPSA) is 67.2 Å². The first-order chi connectivity index (χ1) is 8.32. The van der Waals surface area contributed by atoms with Crippen molar-refractivity contribution in [3.05, 3.63) is 17.0 Å². The minimum absolute atomic E-state index is 0.166. The lowest BCUT2D eigenvalue weighted by molar-refractivity contribution is 0.0899. The smallest absolute Gasteiger partial charge is 0.255 e. The Morgan fingerprint density at radius 1 is 1.44 bits per heavy atom. The zero-order valence-corrected chi connectivity index (χ0v) is 11.8. The van der Waals surface area contributed by atoms with Gasteiger partial charge in [0.1, 0.15) is 0 Å². The van der Waals surface area contributed by atoms with Crippen molar-refractivity contribution in [2.75, 3.05) is 6.54 Å². The molecule has 0 fully saturated rings. The Balaban J connectivity index is 2.61. The molecule has 0 aliphatic carbocycles. The minimum Gasteiger partial charge on any atom is -0.391 e. The third-order valence-corrected chi connectivity index (χ3v) is 2.98. The number of hydrogen-bond acceptors (Lipinski definition) is 3. The highest BCUT2D eigenvalue weighted by Crippen LogP contribution is 2.11. The lowest BCUT2D eigenvalue weighted by Gasteiger charge is -2.13. The highest BCUT2D eigenvalue weighted by atomic mass is 16.3. The molecule has 1 rings (SSSR count). The monoisotopic (exact) mass is 253 g/mol. The van der Waals surface area contributed by atoms with Gasteiger partial charge in [-0.2, -0.15) is 5.10 Å². The van der Waals surface area contributed by atoms with Gasteiger partial charge < -0.3 is 10.4 Å². The summed E-state index contributed by atoms with van der Waals surface area (Å²) < 4.78 is 1.69. The first kappa shape index (κ1) is 14.7. The second-order valence-electron chi connectivity index (χ2n) is 5.16. The number of carbonyl (C=O) groups excluding carboxylic acids is 1. The molecule has 18 heavy (non-hydrogen) atoms. The molecule has 5 heteroatoms. The second-order valence-corrected chi connectivity index (χ2v) is 5.16. The van der Waals surface area contributed by atoms with Crippen molar-refractivity contribution in [3.8, 4) is 0 Å². The maximum absolute atomic E-state index is 12.0. The number of carbonyl (C=O) groups is 1. The van der Waals surface area contributed by atoms with Crippen molar-refractivity contribution >= 4 is 5.91 Å². The van der Waals surface area contributed by atoms with Crippen LogP contribution in [-0.4, -0.2) is 33.4 Å². The largest absolute Gasteiger partial charge is 0.391 e. The summed E-state index contributed by atoms with van der Waals surface area (Å²) in [7, 11) is 1.81. The standard InChI is InChI=1S/C13H23N3O2/c1-8(2)6-11(17)7-14-13(18)12-9(3)15-16(5)10(12)4/h8,11,17H,6-7H2,1-5H3,(H,14,18). The second kappa shape index (κ2) is 6.00. The molecule has 5 nitrogen and oxygen atoms in total. The van der Waals surface area contributed by atoms with Gasteiger partial charge in [0.25, 0.3) is 5.91 Å². The van der Waals surface area contributed by atoms with Gasteiger partial charge in [-0.25, -0.2) is 0 Å². The molecule has 0 saturated heterocycles. The van der Waals surface area contributed by atoms with Crippen LogP contribution in [0.25, 0.3) is 0 Å². The van der Waals surface area contributed by atoms with Crippen molar-refractivity contribution in [2.45, 2.75) is 40.2 Å². The van der Waals surface area contributed by atoms with Crippen LogP contribution in [0.4, 0.5) is 0 Å². The van der Waals surface area contributed by atoms with E-state index in [9.17, 15) is 9.90 Å². The van der Waals surface area contributed by atoms with Crippen LogP contribution in [0.5, 0.6) is 0 Å².